The fraction of sp³-hybridized carbons (Fsp3) is 0.625. The van der Waals surface area contributed by atoms with Crippen LogP contribution < -0.4 is 10.2 Å². The van der Waals surface area contributed by atoms with Crippen molar-refractivity contribution < 1.29 is 22.7 Å². The predicted molar refractivity (Wildman–Crippen MR) is 83.8 cm³/mol. The molecule has 1 aliphatic rings. The second-order valence-corrected chi connectivity index (χ2v) is 6.85. The van der Waals surface area contributed by atoms with Crippen LogP contribution in [0.5, 0.6) is 0 Å². The maximum atomic E-state index is 12.7. The third kappa shape index (κ3) is 5.28. The van der Waals surface area contributed by atoms with Crippen molar-refractivity contribution in [1.82, 2.24) is 10.3 Å². The number of carbonyl (C=O) groups is 1. The number of nitrogens with zero attached hydrogens (tertiary/aromatic N) is 2. The fourth-order valence-electron chi connectivity index (χ4n) is 2.45. The molecule has 1 amide bonds. The summed E-state index contributed by atoms with van der Waals surface area (Å²) < 4.78 is 43.5. The number of aromatic nitrogens is 1. The van der Waals surface area contributed by atoms with E-state index in [4.69, 9.17) is 4.74 Å². The molecule has 0 aromatic carbocycles. The molecular formula is C16H22F3N3O2. The van der Waals surface area contributed by atoms with E-state index in [1.807, 2.05) is 20.8 Å². The molecule has 0 aliphatic carbocycles. The molecule has 0 spiro atoms. The second kappa shape index (κ2) is 6.86. The number of hydrogen-bond donors (Lipinski definition) is 1. The smallest absolute Gasteiger partial charge is 0.433 e. The minimum absolute atomic E-state index is 0.241. The highest BCUT2D eigenvalue weighted by Crippen LogP contribution is 2.29. The van der Waals surface area contributed by atoms with Crippen LogP contribution in [0.3, 0.4) is 0 Å². The largest absolute Gasteiger partial charge is 0.446 e. The number of hydrogen-bond acceptors (Lipinski definition) is 4. The van der Waals surface area contributed by atoms with Crippen LogP contribution in [0.25, 0.3) is 0 Å². The lowest BCUT2D eigenvalue weighted by Gasteiger charge is -2.33. The van der Waals surface area contributed by atoms with Crippen LogP contribution >= 0.6 is 0 Å². The maximum Gasteiger partial charge on any atom is 0.433 e. The molecule has 24 heavy (non-hydrogen) atoms. The molecule has 0 bridgehead atoms. The number of nitrogens with one attached hydrogen (secondary N) is 1. The Kier molecular flexibility index (Phi) is 5.25. The van der Waals surface area contributed by atoms with Gasteiger partial charge in [0.1, 0.15) is 17.6 Å². The molecular weight excluding hydrogens is 323 g/mol. The van der Waals surface area contributed by atoms with Crippen molar-refractivity contribution in [3.05, 3.63) is 23.9 Å². The van der Waals surface area contributed by atoms with Gasteiger partial charge in [0.15, 0.2) is 0 Å². The first-order chi connectivity index (χ1) is 11.0. The Morgan fingerprint density at radius 1 is 1.25 bits per heavy atom. The summed E-state index contributed by atoms with van der Waals surface area (Å²) in [6, 6.07) is 3.86. The molecule has 1 fully saturated rings. The Morgan fingerprint density at radius 3 is 2.42 bits per heavy atom. The summed E-state index contributed by atoms with van der Waals surface area (Å²) in [6.07, 6.45) is -4.07. The average molecular weight is 345 g/mol. The van der Waals surface area contributed by atoms with E-state index in [2.05, 4.69) is 10.3 Å². The van der Waals surface area contributed by atoms with E-state index < -0.39 is 18.0 Å². The number of rotatable bonds is 2. The van der Waals surface area contributed by atoms with Gasteiger partial charge in [-0.15, -0.1) is 0 Å². The van der Waals surface area contributed by atoms with Gasteiger partial charge in [0.2, 0.25) is 0 Å². The molecule has 2 rings (SSSR count). The van der Waals surface area contributed by atoms with E-state index in [9.17, 15) is 18.0 Å². The number of alkyl halides is 3. The van der Waals surface area contributed by atoms with Gasteiger partial charge < -0.3 is 15.0 Å². The zero-order chi connectivity index (χ0) is 18.0. The fourth-order valence-corrected chi connectivity index (χ4v) is 2.45. The number of piperidine rings is 1. The zero-order valence-electron chi connectivity index (χ0n) is 14.0. The van der Waals surface area contributed by atoms with Crippen molar-refractivity contribution in [2.24, 2.45) is 0 Å². The summed E-state index contributed by atoms with van der Waals surface area (Å²) in [6.45, 7) is 6.55. The number of pyridine rings is 1. The first-order valence-electron chi connectivity index (χ1n) is 7.82. The normalized spacial score (nSPS) is 16.8. The summed E-state index contributed by atoms with van der Waals surface area (Å²) in [5.74, 6) is 0.294. The summed E-state index contributed by atoms with van der Waals surface area (Å²) in [5.41, 5.74) is -1.28. The van der Waals surface area contributed by atoms with Crippen LogP contribution in [0, 0.1) is 0 Å². The highest BCUT2D eigenvalue weighted by atomic mass is 19.4. The van der Waals surface area contributed by atoms with Crippen LogP contribution in [-0.4, -0.2) is 35.8 Å². The summed E-state index contributed by atoms with van der Waals surface area (Å²) >= 11 is 0. The summed E-state index contributed by atoms with van der Waals surface area (Å²) in [7, 11) is 0. The van der Waals surface area contributed by atoms with Gasteiger partial charge in [0, 0.05) is 31.5 Å². The quantitative estimate of drug-likeness (QED) is 0.890. The highest BCUT2D eigenvalue weighted by molar-refractivity contribution is 5.68. The molecule has 0 saturated carbocycles. The Morgan fingerprint density at radius 2 is 1.88 bits per heavy atom. The molecule has 1 aromatic rings. The molecule has 1 saturated heterocycles. The molecule has 0 unspecified atom stereocenters. The van der Waals surface area contributed by atoms with Crippen LogP contribution in [0.4, 0.5) is 23.8 Å². The Hall–Kier alpha value is -1.99. The van der Waals surface area contributed by atoms with E-state index in [0.29, 0.717) is 31.7 Å². The van der Waals surface area contributed by atoms with Crippen molar-refractivity contribution in [2.45, 2.75) is 51.4 Å². The lowest BCUT2D eigenvalue weighted by Crippen LogP contribution is -2.44. The number of halogens is 3. The lowest BCUT2D eigenvalue weighted by molar-refractivity contribution is -0.141. The molecule has 2 heterocycles. The van der Waals surface area contributed by atoms with Gasteiger partial charge in [-0.2, -0.15) is 13.2 Å². The first kappa shape index (κ1) is 18.4. The predicted octanol–water partition coefficient (Wildman–Crippen LogP) is 3.59. The zero-order valence-corrected chi connectivity index (χ0v) is 14.0. The topological polar surface area (TPSA) is 54.5 Å². The Labute approximate surface area is 139 Å². The van der Waals surface area contributed by atoms with Crippen LogP contribution in [0.15, 0.2) is 18.2 Å². The summed E-state index contributed by atoms with van der Waals surface area (Å²) in [5, 5.41) is 2.72. The minimum Gasteiger partial charge on any atom is -0.446 e. The monoisotopic (exact) mass is 345 g/mol. The lowest BCUT2D eigenvalue weighted by atomic mass is 10.1. The van der Waals surface area contributed by atoms with E-state index in [0.717, 1.165) is 6.07 Å². The molecule has 1 aromatic heterocycles. The SMILES string of the molecule is CC(C)(C)NC(=O)OC1CCN(c2cccc(C(F)(F)F)n2)CC1. The standard InChI is InChI=1S/C16H22F3N3O2/c1-15(2,3)21-14(23)24-11-7-9-22(10-8-11)13-6-4-5-12(20-13)16(17,18)19/h4-6,11H,7-10H2,1-3H3,(H,21,23). The maximum absolute atomic E-state index is 12.7. The molecule has 134 valence electrons. The van der Waals surface area contributed by atoms with Crippen LogP contribution in [-0.2, 0) is 10.9 Å². The van der Waals surface area contributed by atoms with Crippen LogP contribution in [0.2, 0.25) is 0 Å². The van der Waals surface area contributed by atoms with Gasteiger partial charge in [-0.3, -0.25) is 0 Å². The van der Waals surface area contributed by atoms with Crippen molar-refractivity contribution in [2.75, 3.05) is 18.0 Å². The highest BCUT2D eigenvalue weighted by Gasteiger charge is 2.33. The minimum atomic E-state index is -4.46. The van der Waals surface area contributed by atoms with Crippen molar-refractivity contribution >= 4 is 11.9 Å². The van der Waals surface area contributed by atoms with Gasteiger partial charge in [-0.25, -0.2) is 9.78 Å². The van der Waals surface area contributed by atoms with Gasteiger partial charge >= 0.3 is 12.3 Å². The van der Waals surface area contributed by atoms with Crippen molar-refractivity contribution in [1.29, 1.82) is 0 Å². The number of alkyl carbamates (subject to hydrolysis) is 1. The van der Waals surface area contributed by atoms with Gasteiger partial charge in [0.05, 0.1) is 0 Å². The first-order valence-corrected chi connectivity index (χ1v) is 7.82. The molecule has 1 N–H and O–H groups in total. The van der Waals surface area contributed by atoms with E-state index in [-0.39, 0.29) is 11.6 Å². The van der Waals surface area contributed by atoms with Crippen LogP contribution in [0.1, 0.15) is 39.3 Å². The third-order valence-corrected chi connectivity index (χ3v) is 3.54. The number of carbonyl (C=O) groups excluding carboxylic acids is 1. The average Bonchev–Trinajstić information content (AvgIpc) is 2.45. The molecule has 1 aliphatic heterocycles. The Bertz CT molecular complexity index is 577. The van der Waals surface area contributed by atoms with Gasteiger partial charge in [-0.1, -0.05) is 6.07 Å². The van der Waals surface area contributed by atoms with Gasteiger partial charge in [0.25, 0.3) is 0 Å². The van der Waals surface area contributed by atoms with Crippen molar-refractivity contribution in [3.63, 3.8) is 0 Å². The number of ether oxygens (including phenoxy) is 1. The van der Waals surface area contributed by atoms with E-state index in [1.165, 1.54) is 6.07 Å². The molecule has 8 heteroatoms. The van der Waals surface area contributed by atoms with Gasteiger partial charge in [-0.05, 0) is 32.9 Å². The summed E-state index contributed by atoms with van der Waals surface area (Å²) in [4.78, 5) is 17.2. The second-order valence-electron chi connectivity index (χ2n) is 6.85. The third-order valence-electron chi connectivity index (χ3n) is 3.54. The number of anilines is 1. The van der Waals surface area contributed by atoms with E-state index in [1.54, 1.807) is 11.0 Å². The van der Waals surface area contributed by atoms with E-state index >= 15 is 0 Å². The Balaban J connectivity index is 1.90. The van der Waals surface area contributed by atoms with Crippen molar-refractivity contribution in [3.8, 4) is 0 Å². The molecule has 5 nitrogen and oxygen atoms in total. The molecule has 0 atom stereocenters. The number of amides is 1. The molecule has 0 radical (unpaired) electrons.